The van der Waals surface area contributed by atoms with Gasteiger partial charge < -0.3 is 4.43 Å². The first-order chi connectivity index (χ1) is 6.67. The second kappa shape index (κ2) is 3.66. The van der Waals surface area contributed by atoms with E-state index in [0.717, 1.165) is 6.42 Å². The summed E-state index contributed by atoms with van der Waals surface area (Å²) in [5.74, 6) is 0. The summed E-state index contributed by atoms with van der Waals surface area (Å²) in [5.41, 5.74) is 3.42. The van der Waals surface area contributed by atoms with Crippen LogP contribution in [-0.4, -0.2) is 8.32 Å². The third kappa shape index (κ3) is 2.10. The summed E-state index contributed by atoms with van der Waals surface area (Å²) < 4.78 is 6.08. The number of benzene rings is 1. The van der Waals surface area contributed by atoms with Gasteiger partial charge in [-0.05, 0) is 18.7 Å². The SMILES string of the molecule is C[Si]1(C)C=[C+]CC(c2ccccc2)O1. The summed E-state index contributed by atoms with van der Waals surface area (Å²) in [7, 11) is -1.57. The molecule has 1 atom stereocenters. The lowest BCUT2D eigenvalue weighted by molar-refractivity contribution is 0.195. The van der Waals surface area contributed by atoms with E-state index >= 15 is 0 Å². The minimum absolute atomic E-state index is 0.225. The molecular weight excluding hydrogens is 188 g/mol. The van der Waals surface area contributed by atoms with E-state index < -0.39 is 8.32 Å². The monoisotopic (exact) mass is 203 g/mol. The molecule has 1 aromatic rings. The second-order valence-corrected chi connectivity index (χ2v) is 7.90. The molecule has 0 aliphatic carbocycles. The molecule has 0 fully saturated rings. The maximum absolute atomic E-state index is 6.08. The van der Waals surface area contributed by atoms with Gasteiger partial charge in [0.05, 0.1) is 0 Å². The van der Waals surface area contributed by atoms with E-state index in [1.165, 1.54) is 5.56 Å². The number of hydrogen-bond acceptors (Lipinski definition) is 1. The van der Waals surface area contributed by atoms with Crippen LogP contribution in [0.3, 0.4) is 0 Å². The van der Waals surface area contributed by atoms with E-state index in [1.54, 1.807) is 0 Å². The molecule has 0 amide bonds. The lowest BCUT2D eigenvalue weighted by Gasteiger charge is -2.24. The zero-order valence-corrected chi connectivity index (χ0v) is 9.66. The Morgan fingerprint density at radius 2 is 2.00 bits per heavy atom. The number of hydrogen-bond donors (Lipinski definition) is 0. The Morgan fingerprint density at radius 3 is 2.64 bits per heavy atom. The molecule has 1 aromatic carbocycles. The van der Waals surface area contributed by atoms with Gasteiger partial charge in [-0.15, -0.1) is 0 Å². The Labute approximate surface area is 86.5 Å². The fraction of sp³-hybridized carbons (Fsp3) is 0.333. The fourth-order valence-corrected chi connectivity index (χ4v) is 3.34. The van der Waals surface area contributed by atoms with Crippen LogP contribution in [0.25, 0.3) is 0 Å². The van der Waals surface area contributed by atoms with Gasteiger partial charge in [-0.3, -0.25) is 0 Å². The van der Waals surface area contributed by atoms with E-state index in [2.05, 4.69) is 49.1 Å². The zero-order chi connectivity index (χ0) is 10.0. The van der Waals surface area contributed by atoms with Gasteiger partial charge >= 0.3 is 0 Å². The quantitative estimate of drug-likeness (QED) is 0.503. The maximum Gasteiger partial charge on any atom is 0.271 e. The van der Waals surface area contributed by atoms with Crippen LogP contribution in [0.15, 0.2) is 36.0 Å². The molecule has 0 saturated heterocycles. The molecule has 2 heteroatoms. The Morgan fingerprint density at radius 1 is 1.29 bits per heavy atom. The van der Waals surface area contributed by atoms with Gasteiger partial charge in [0.1, 0.15) is 6.10 Å². The standard InChI is InChI=1S/C12H15OSi/c1-14(2)10-6-9-12(13-14)11-7-4-3-5-8-11/h3-5,7-8,10,12H,9H2,1-2H3/q+1. The predicted octanol–water partition coefficient (Wildman–Crippen LogP) is 3.25. The normalized spacial score (nSPS) is 24.3. The van der Waals surface area contributed by atoms with Gasteiger partial charge in [-0.2, -0.15) is 0 Å². The molecule has 1 unspecified atom stereocenters. The molecular formula is C12H15OSi+. The van der Waals surface area contributed by atoms with E-state index in [9.17, 15) is 0 Å². The first kappa shape index (κ1) is 9.60. The molecule has 14 heavy (non-hydrogen) atoms. The van der Waals surface area contributed by atoms with Crippen molar-refractivity contribution in [2.45, 2.75) is 25.6 Å². The van der Waals surface area contributed by atoms with Gasteiger partial charge in [0, 0.05) is 0 Å². The lowest BCUT2D eigenvalue weighted by atomic mass is 10.1. The highest BCUT2D eigenvalue weighted by molar-refractivity contribution is 6.76. The summed E-state index contributed by atoms with van der Waals surface area (Å²) in [6.07, 6.45) is 4.45. The molecule has 1 aliphatic rings. The van der Waals surface area contributed by atoms with Crippen molar-refractivity contribution in [3.63, 3.8) is 0 Å². The highest BCUT2D eigenvalue weighted by Gasteiger charge is 2.35. The van der Waals surface area contributed by atoms with Crippen molar-refractivity contribution in [3.8, 4) is 0 Å². The molecule has 0 N–H and O–H groups in total. The molecule has 2 rings (SSSR count). The van der Waals surface area contributed by atoms with E-state index in [0.29, 0.717) is 0 Å². The average molecular weight is 203 g/mol. The summed E-state index contributed by atoms with van der Waals surface area (Å²) in [6.45, 7) is 4.41. The van der Waals surface area contributed by atoms with Crippen LogP contribution < -0.4 is 0 Å². The van der Waals surface area contributed by atoms with E-state index in [1.807, 2.05) is 6.07 Å². The molecule has 0 radical (unpaired) electrons. The fourth-order valence-electron chi connectivity index (χ4n) is 1.71. The molecule has 0 aromatic heterocycles. The summed E-state index contributed by atoms with van der Waals surface area (Å²) in [5, 5.41) is 0. The lowest BCUT2D eigenvalue weighted by Crippen LogP contribution is -2.32. The van der Waals surface area contributed by atoms with Crippen molar-refractivity contribution in [1.29, 1.82) is 0 Å². The highest BCUT2D eigenvalue weighted by atomic mass is 28.4. The second-order valence-electron chi connectivity index (χ2n) is 4.17. The van der Waals surface area contributed by atoms with Crippen molar-refractivity contribution in [2.75, 3.05) is 0 Å². The van der Waals surface area contributed by atoms with Gasteiger partial charge in [-0.1, -0.05) is 30.3 Å². The first-order valence-corrected chi connectivity index (χ1v) is 7.96. The Bertz CT molecular complexity index is 329. The minimum atomic E-state index is -1.57. The van der Waals surface area contributed by atoms with Crippen molar-refractivity contribution in [2.24, 2.45) is 0 Å². The maximum atomic E-state index is 6.08. The van der Waals surface area contributed by atoms with Crippen molar-refractivity contribution < 1.29 is 4.43 Å². The molecule has 0 bridgehead atoms. The smallest absolute Gasteiger partial charge is 0.271 e. The predicted molar refractivity (Wildman–Crippen MR) is 60.2 cm³/mol. The molecule has 1 heterocycles. The van der Waals surface area contributed by atoms with Gasteiger partial charge in [-0.25, -0.2) is 0 Å². The minimum Gasteiger partial charge on any atom is -0.396 e. The van der Waals surface area contributed by atoms with Crippen LogP contribution >= 0.6 is 0 Å². The van der Waals surface area contributed by atoms with Gasteiger partial charge in [0.15, 0.2) is 12.1 Å². The molecule has 1 nitrogen and oxygen atoms in total. The number of rotatable bonds is 1. The average Bonchev–Trinajstić information content (AvgIpc) is 2.18. The summed E-state index contributed by atoms with van der Waals surface area (Å²) >= 11 is 0. The third-order valence-corrected chi connectivity index (χ3v) is 4.16. The van der Waals surface area contributed by atoms with Crippen LogP contribution in [0, 0.1) is 6.08 Å². The van der Waals surface area contributed by atoms with Crippen molar-refractivity contribution >= 4 is 8.32 Å². The van der Waals surface area contributed by atoms with Crippen LogP contribution in [0.1, 0.15) is 18.1 Å². The van der Waals surface area contributed by atoms with Crippen LogP contribution in [0.5, 0.6) is 0 Å². The highest BCUT2D eigenvalue weighted by Crippen LogP contribution is 2.29. The molecule has 0 spiro atoms. The van der Waals surface area contributed by atoms with Crippen LogP contribution in [0.2, 0.25) is 13.1 Å². The van der Waals surface area contributed by atoms with Crippen molar-refractivity contribution in [1.82, 2.24) is 0 Å². The Hall–Kier alpha value is -0.953. The largest absolute Gasteiger partial charge is 0.396 e. The summed E-state index contributed by atoms with van der Waals surface area (Å²) in [4.78, 5) is 0. The van der Waals surface area contributed by atoms with E-state index in [-0.39, 0.29) is 6.10 Å². The van der Waals surface area contributed by atoms with Crippen LogP contribution in [-0.2, 0) is 4.43 Å². The Balaban J connectivity index is 2.19. The third-order valence-electron chi connectivity index (χ3n) is 2.37. The van der Waals surface area contributed by atoms with Gasteiger partial charge in [0.25, 0.3) is 8.32 Å². The zero-order valence-electron chi connectivity index (χ0n) is 8.66. The van der Waals surface area contributed by atoms with Gasteiger partial charge in [0.2, 0.25) is 6.08 Å². The topological polar surface area (TPSA) is 9.23 Å². The molecule has 1 aliphatic heterocycles. The van der Waals surface area contributed by atoms with Crippen molar-refractivity contribution in [3.05, 3.63) is 47.7 Å². The summed E-state index contributed by atoms with van der Waals surface area (Å²) in [6, 6.07) is 10.4. The Kier molecular flexibility index (Phi) is 2.51. The van der Waals surface area contributed by atoms with E-state index in [4.69, 9.17) is 4.43 Å². The van der Waals surface area contributed by atoms with Crippen LogP contribution in [0.4, 0.5) is 0 Å². The molecule has 0 saturated carbocycles. The molecule has 72 valence electrons. The first-order valence-electron chi connectivity index (χ1n) is 4.98.